The second-order valence-electron chi connectivity index (χ2n) is 5.27. The van der Waals surface area contributed by atoms with Crippen molar-refractivity contribution in [2.24, 2.45) is 0 Å². The van der Waals surface area contributed by atoms with Crippen molar-refractivity contribution in [3.05, 3.63) is 0 Å². The zero-order valence-corrected chi connectivity index (χ0v) is 10.7. The molecule has 2 N–H and O–H groups in total. The molecule has 2 aliphatic rings. The van der Waals surface area contributed by atoms with Gasteiger partial charge in [0.15, 0.2) is 0 Å². The molecule has 17 heavy (non-hydrogen) atoms. The van der Waals surface area contributed by atoms with E-state index in [0.29, 0.717) is 6.04 Å². The summed E-state index contributed by atoms with van der Waals surface area (Å²) in [5.74, 6) is 0.186. The first-order valence-electron chi connectivity index (χ1n) is 6.91. The highest BCUT2D eigenvalue weighted by molar-refractivity contribution is 5.82. The van der Waals surface area contributed by atoms with E-state index in [2.05, 4.69) is 17.6 Å². The van der Waals surface area contributed by atoms with Crippen molar-refractivity contribution in [3.8, 4) is 0 Å². The lowest BCUT2D eigenvalue weighted by Gasteiger charge is -2.29. The van der Waals surface area contributed by atoms with Gasteiger partial charge in [0, 0.05) is 12.6 Å². The summed E-state index contributed by atoms with van der Waals surface area (Å²) < 4.78 is 5.49. The molecule has 2 heterocycles. The van der Waals surface area contributed by atoms with Gasteiger partial charge in [-0.25, -0.2) is 0 Å². The molecule has 2 saturated heterocycles. The topological polar surface area (TPSA) is 50.4 Å². The van der Waals surface area contributed by atoms with Crippen LogP contribution in [0.2, 0.25) is 0 Å². The maximum absolute atomic E-state index is 12.1. The van der Waals surface area contributed by atoms with Gasteiger partial charge in [-0.2, -0.15) is 0 Å². The third-order valence-electron chi connectivity index (χ3n) is 3.71. The van der Waals surface area contributed by atoms with E-state index in [-0.39, 0.29) is 18.1 Å². The number of carbonyl (C=O) groups excluding carboxylic acids is 1. The van der Waals surface area contributed by atoms with E-state index in [1.165, 1.54) is 12.8 Å². The molecule has 98 valence electrons. The number of nitrogens with one attached hydrogen (secondary N) is 2. The van der Waals surface area contributed by atoms with Crippen LogP contribution < -0.4 is 10.6 Å². The predicted octanol–water partition coefficient (Wildman–Crippen LogP) is 1.20. The van der Waals surface area contributed by atoms with Crippen LogP contribution in [0.3, 0.4) is 0 Å². The molecule has 3 unspecified atom stereocenters. The second kappa shape index (κ2) is 6.36. The van der Waals surface area contributed by atoms with Crippen LogP contribution >= 0.6 is 0 Å². The SMILES string of the molecule is CC1CC(NC(=O)C2CCCCCN2)CCO1. The molecule has 0 aromatic carbocycles. The number of amides is 1. The smallest absolute Gasteiger partial charge is 0.237 e. The summed E-state index contributed by atoms with van der Waals surface area (Å²) in [6, 6.07) is 0.326. The molecule has 4 heteroatoms. The summed E-state index contributed by atoms with van der Waals surface area (Å²) in [6.07, 6.45) is 6.74. The Hall–Kier alpha value is -0.610. The lowest BCUT2D eigenvalue weighted by atomic mass is 10.0. The van der Waals surface area contributed by atoms with Crippen LogP contribution in [0.5, 0.6) is 0 Å². The summed E-state index contributed by atoms with van der Waals surface area (Å²) in [6.45, 7) is 3.81. The summed E-state index contributed by atoms with van der Waals surface area (Å²) in [5, 5.41) is 6.50. The number of hydrogen-bond acceptors (Lipinski definition) is 3. The first-order valence-corrected chi connectivity index (χ1v) is 6.91. The number of ether oxygens (including phenoxy) is 1. The third kappa shape index (κ3) is 3.96. The molecule has 2 aliphatic heterocycles. The van der Waals surface area contributed by atoms with Crippen molar-refractivity contribution < 1.29 is 9.53 Å². The third-order valence-corrected chi connectivity index (χ3v) is 3.71. The zero-order valence-electron chi connectivity index (χ0n) is 10.7. The molecule has 0 radical (unpaired) electrons. The van der Waals surface area contributed by atoms with Gasteiger partial charge in [0.2, 0.25) is 5.91 Å². The van der Waals surface area contributed by atoms with Gasteiger partial charge in [0.05, 0.1) is 12.1 Å². The minimum Gasteiger partial charge on any atom is -0.378 e. The van der Waals surface area contributed by atoms with Crippen LogP contribution in [0.25, 0.3) is 0 Å². The molecular formula is C13H24N2O2. The summed E-state index contributed by atoms with van der Waals surface area (Å²) >= 11 is 0. The largest absolute Gasteiger partial charge is 0.378 e. The highest BCUT2D eigenvalue weighted by Crippen LogP contribution is 2.14. The first kappa shape index (κ1) is 12.8. The predicted molar refractivity (Wildman–Crippen MR) is 66.8 cm³/mol. The standard InChI is InChI=1S/C13H24N2O2/c1-10-9-11(6-8-17-10)15-13(16)12-5-3-2-4-7-14-12/h10-12,14H,2-9H2,1H3,(H,15,16). The first-order chi connectivity index (χ1) is 8.25. The van der Waals surface area contributed by atoms with Crippen LogP contribution in [-0.4, -0.2) is 37.2 Å². The van der Waals surface area contributed by atoms with Crippen molar-refractivity contribution in [2.75, 3.05) is 13.2 Å². The Morgan fingerprint density at radius 3 is 3.00 bits per heavy atom. The molecule has 0 aromatic rings. The van der Waals surface area contributed by atoms with Crippen molar-refractivity contribution in [3.63, 3.8) is 0 Å². The average Bonchev–Trinajstić information content (AvgIpc) is 2.57. The fourth-order valence-corrected chi connectivity index (χ4v) is 2.68. The number of carbonyl (C=O) groups is 1. The van der Waals surface area contributed by atoms with E-state index in [4.69, 9.17) is 4.74 Å². The molecule has 0 aliphatic carbocycles. The summed E-state index contributed by atoms with van der Waals surface area (Å²) in [4.78, 5) is 12.1. The van der Waals surface area contributed by atoms with Gasteiger partial charge in [-0.1, -0.05) is 12.8 Å². The Morgan fingerprint density at radius 1 is 1.29 bits per heavy atom. The number of hydrogen-bond donors (Lipinski definition) is 2. The quantitative estimate of drug-likeness (QED) is 0.762. The fourth-order valence-electron chi connectivity index (χ4n) is 2.68. The maximum atomic E-state index is 12.1. The Morgan fingerprint density at radius 2 is 2.18 bits per heavy atom. The molecular weight excluding hydrogens is 216 g/mol. The second-order valence-corrected chi connectivity index (χ2v) is 5.27. The highest BCUT2D eigenvalue weighted by atomic mass is 16.5. The van der Waals surface area contributed by atoms with Gasteiger partial charge in [0.25, 0.3) is 0 Å². The monoisotopic (exact) mass is 240 g/mol. The van der Waals surface area contributed by atoms with Gasteiger partial charge in [-0.3, -0.25) is 4.79 Å². The molecule has 0 aromatic heterocycles. The molecule has 0 bridgehead atoms. The Balaban J connectivity index is 1.78. The molecule has 0 spiro atoms. The molecule has 0 saturated carbocycles. The van der Waals surface area contributed by atoms with Crippen molar-refractivity contribution in [1.29, 1.82) is 0 Å². The normalized spacial score (nSPS) is 35.0. The lowest BCUT2D eigenvalue weighted by Crippen LogP contribution is -2.49. The van der Waals surface area contributed by atoms with E-state index < -0.39 is 0 Å². The van der Waals surface area contributed by atoms with Crippen molar-refractivity contribution in [2.45, 2.75) is 63.6 Å². The van der Waals surface area contributed by atoms with Crippen LogP contribution in [0.1, 0.15) is 45.4 Å². The fraction of sp³-hybridized carbons (Fsp3) is 0.923. The minimum atomic E-state index is 0.0238. The Bertz CT molecular complexity index is 250. The number of rotatable bonds is 2. The van der Waals surface area contributed by atoms with E-state index in [1.54, 1.807) is 0 Å². The van der Waals surface area contributed by atoms with Gasteiger partial charge < -0.3 is 15.4 Å². The van der Waals surface area contributed by atoms with Gasteiger partial charge in [0.1, 0.15) is 0 Å². The molecule has 3 atom stereocenters. The van der Waals surface area contributed by atoms with E-state index in [9.17, 15) is 4.79 Å². The minimum absolute atomic E-state index is 0.0238. The summed E-state index contributed by atoms with van der Waals surface area (Å²) in [5.41, 5.74) is 0. The highest BCUT2D eigenvalue weighted by Gasteiger charge is 2.25. The molecule has 1 amide bonds. The van der Waals surface area contributed by atoms with Gasteiger partial charge in [-0.05, 0) is 39.2 Å². The van der Waals surface area contributed by atoms with Crippen molar-refractivity contribution >= 4 is 5.91 Å². The molecule has 2 rings (SSSR count). The van der Waals surface area contributed by atoms with Gasteiger partial charge in [-0.15, -0.1) is 0 Å². The van der Waals surface area contributed by atoms with Gasteiger partial charge >= 0.3 is 0 Å². The van der Waals surface area contributed by atoms with Crippen LogP contribution in [0, 0.1) is 0 Å². The van der Waals surface area contributed by atoms with E-state index in [1.807, 2.05) is 0 Å². The summed E-state index contributed by atoms with van der Waals surface area (Å²) in [7, 11) is 0. The van der Waals surface area contributed by atoms with Crippen LogP contribution in [0.15, 0.2) is 0 Å². The average molecular weight is 240 g/mol. The Labute approximate surface area is 103 Å². The lowest BCUT2D eigenvalue weighted by molar-refractivity contribution is -0.124. The van der Waals surface area contributed by atoms with Crippen LogP contribution in [0.4, 0.5) is 0 Å². The maximum Gasteiger partial charge on any atom is 0.237 e. The van der Waals surface area contributed by atoms with Crippen LogP contribution in [-0.2, 0) is 9.53 Å². The molecule has 2 fully saturated rings. The van der Waals surface area contributed by atoms with E-state index in [0.717, 1.165) is 38.8 Å². The van der Waals surface area contributed by atoms with E-state index >= 15 is 0 Å². The molecule has 4 nitrogen and oxygen atoms in total. The zero-order chi connectivity index (χ0) is 12.1. The Kier molecular flexibility index (Phi) is 4.80. The van der Waals surface area contributed by atoms with Crippen molar-refractivity contribution in [1.82, 2.24) is 10.6 Å².